The molecule has 0 radical (unpaired) electrons. The third-order valence-corrected chi connectivity index (χ3v) is 3.94. The second kappa shape index (κ2) is 5.64. The number of likely N-dealkylation sites (tertiary alicyclic amines) is 1. The zero-order valence-corrected chi connectivity index (χ0v) is 11.9. The number of amides is 1. The molecule has 1 amide bonds. The smallest absolute Gasteiger partial charge is 0.331 e. The zero-order chi connectivity index (χ0) is 13.9. The van der Waals surface area contributed by atoms with E-state index in [0.717, 1.165) is 24.4 Å². The first-order valence-corrected chi connectivity index (χ1v) is 7.19. The van der Waals surface area contributed by atoms with Crippen LogP contribution in [0.5, 0.6) is 0 Å². The van der Waals surface area contributed by atoms with Gasteiger partial charge in [0, 0.05) is 11.9 Å². The standard InChI is InChI=1S/C12H17N3O3S/c1-3-18-11(17)12(2)6-4-5-7-15(12)10(16)9-8-19-14-13-9/h8H,3-7H2,1-2H3. The lowest BCUT2D eigenvalue weighted by molar-refractivity contribution is -0.157. The van der Waals surface area contributed by atoms with Crippen LogP contribution in [-0.2, 0) is 9.53 Å². The molecule has 1 fully saturated rings. The summed E-state index contributed by atoms with van der Waals surface area (Å²) in [6, 6.07) is 0. The summed E-state index contributed by atoms with van der Waals surface area (Å²) in [6.07, 6.45) is 2.42. The molecule has 1 aliphatic heterocycles. The molecule has 0 aliphatic carbocycles. The van der Waals surface area contributed by atoms with Crippen LogP contribution >= 0.6 is 11.5 Å². The minimum Gasteiger partial charge on any atom is -0.464 e. The Labute approximate surface area is 115 Å². The summed E-state index contributed by atoms with van der Waals surface area (Å²) in [7, 11) is 0. The van der Waals surface area contributed by atoms with Gasteiger partial charge in [-0.05, 0) is 44.6 Å². The van der Waals surface area contributed by atoms with Gasteiger partial charge < -0.3 is 9.64 Å². The fraction of sp³-hybridized carbons (Fsp3) is 0.667. The second-order valence-electron chi connectivity index (χ2n) is 4.70. The van der Waals surface area contributed by atoms with Crippen molar-refractivity contribution in [1.29, 1.82) is 0 Å². The van der Waals surface area contributed by atoms with E-state index in [0.29, 0.717) is 25.3 Å². The van der Waals surface area contributed by atoms with E-state index in [-0.39, 0.29) is 11.9 Å². The molecule has 6 nitrogen and oxygen atoms in total. The highest BCUT2D eigenvalue weighted by molar-refractivity contribution is 7.03. The second-order valence-corrected chi connectivity index (χ2v) is 5.31. The number of carbonyl (C=O) groups excluding carboxylic acids is 2. The summed E-state index contributed by atoms with van der Waals surface area (Å²) in [5, 5.41) is 5.39. The van der Waals surface area contributed by atoms with Gasteiger partial charge in [-0.2, -0.15) is 0 Å². The maximum Gasteiger partial charge on any atom is 0.331 e. The van der Waals surface area contributed by atoms with Gasteiger partial charge in [-0.1, -0.05) is 4.49 Å². The molecule has 1 saturated heterocycles. The van der Waals surface area contributed by atoms with Crippen LogP contribution in [0.15, 0.2) is 5.38 Å². The Morgan fingerprint density at radius 1 is 1.53 bits per heavy atom. The molecule has 0 N–H and O–H groups in total. The third-order valence-electron chi connectivity index (χ3n) is 3.43. The molecule has 0 aromatic carbocycles. The van der Waals surface area contributed by atoms with Crippen molar-refractivity contribution in [3.8, 4) is 0 Å². The summed E-state index contributed by atoms with van der Waals surface area (Å²) in [4.78, 5) is 26.1. The molecular formula is C12H17N3O3S. The van der Waals surface area contributed by atoms with E-state index in [1.807, 2.05) is 0 Å². The minimum absolute atomic E-state index is 0.246. The van der Waals surface area contributed by atoms with Crippen molar-refractivity contribution >= 4 is 23.4 Å². The molecule has 104 valence electrons. The molecule has 1 unspecified atom stereocenters. The highest BCUT2D eigenvalue weighted by atomic mass is 32.1. The Bertz CT molecular complexity index is 463. The molecule has 0 bridgehead atoms. The summed E-state index contributed by atoms with van der Waals surface area (Å²) in [5.41, 5.74) is -0.600. The average molecular weight is 283 g/mol. The Hall–Kier alpha value is -1.50. The topological polar surface area (TPSA) is 72.4 Å². The fourth-order valence-electron chi connectivity index (χ4n) is 2.34. The molecule has 1 aliphatic rings. The fourth-order valence-corrected chi connectivity index (χ4v) is 2.77. The maximum absolute atomic E-state index is 12.4. The Balaban J connectivity index is 2.25. The minimum atomic E-state index is -0.894. The highest BCUT2D eigenvalue weighted by Gasteiger charge is 2.45. The third kappa shape index (κ3) is 2.60. The Morgan fingerprint density at radius 2 is 2.32 bits per heavy atom. The summed E-state index contributed by atoms with van der Waals surface area (Å²) >= 11 is 1.13. The molecule has 2 heterocycles. The number of nitrogens with zero attached hydrogens (tertiary/aromatic N) is 3. The molecule has 0 saturated carbocycles. The van der Waals surface area contributed by atoms with Crippen LogP contribution in [0, 0.1) is 0 Å². The molecule has 7 heteroatoms. The quantitative estimate of drug-likeness (QED) is 0.786. The first-order chi connectivity index (χ1) is 9.09. The van der Waals surface area contributed by atoms with Crippen LogP contribution in [0.2, 0.25) is 0 Å². The predicted molar refractivity (Wildman–Crippen MR) is 69.8 cm³/mol. The summed E-state index contributed by atoms with van der Waals surface area (Å²) in [5.74, 6) is -0.588. The SMILES string of the molecule is CCOC(=O)C1(C)CCCCN1C(=O)c1csnn1. The van der Waals surface area contributed by atoms with Crippen LogP contribution in [0.1, 0.15) is 43.6 Å². The van der Waals surface area contributed by atoms with Gasteiger partial charge in [0.05, 0.1) is 6.61 Å². The van der Waals surface area contributed by atoms with Crippen LogP contribution in [0.4, 0.5) is 0 Å². The number of aromatic nitrogens is 2. The number of carbonyl (C=O) groups is 2. The zero-order valence-electron chi connectivity index (χ0n) is 11.1. The van der Waals surface area contributed by atoms with Crippen molar-refractivity contribution < 1.29 is 14.3 Å². The Morgan fingerprint density at radius 3 is 2.95 bits per heavy atom. The molecule has 1 atom stereocenters. The summed E-state index contributed by atoms with van der Waals surface area (Å²) in [6.45, 7) is 4.39. The maximum atomic E-state index is 12.4. The summed E-state index contributed by atoms with van der Waals surface area (Å²) < 4.78 is 8.81. The van der Waals surface area contributed by atoms with Crippen molar-refractivity contribution in [1.82, 2.24) is 14.5 Å². The molecule has 0 spiro atoms. The van der Waals surface area contributed by atoms with Gasteiger partial charge in [-0.15, -0.1) is 5.10 Å². The monoisotopic (exact) mass is 283 g/mol. The van der Waals surface area contributed by atoms with Crippen molar-refractivity contribution in [2.45, 2.75) is 38.6 Å². The van der Waals surface area contributed by atoms with E-state index in [4.69, 9.17) is 4.74 Å². The lowest BCUT2D eigenvalue weighted by atomic mass is 9.88. The van der Waals surface area contributed by atoms with Gasteiger partial charge in [0.1, 0.15) is 5.54 Å². The van der Waals surface area contributed by atoms with Gasteiger partial charge in [0.2, 0.25) is 0 Å². The normalized spacial score (nSPS) is 23.2. The largest absolute Gasteiger partial charge is 0.464 e. The van der Waals surface area contributed by atoms with Gasteiger partial charge >= 0.3 is 5.97 Å². The Kier molecular flexibility index (Phi) is 4.14. The average Bonchev–Trinajstić information content (AvgIpc) is 2.92. The van der Waals surface area contributed by atoms with E-state index in [9.17, 15) is 9.59 Å². The van der Waals surface area contributed by atoms with Gasteiger partial charge in [0.25, 0.3) is 5.91 Å². The van der Waals surface area contributed by atoms with E-state index in [1.165, 1.54) is 0 Å². The first-order valence-electron chi connectivity index (χ1n) is 6.36. The number of rotatable bonds is 3. The van der Waals surface area contributed by atoms with E-state index in [2.05, 4.69) is 9.59 Å². The molecular weight excluding hydrogens is 266 g/mol. The number of piperidine rings is 1. The van der Waals surface area contributed by atoms with Gasteiger partial charge in [-0.3, -0.25) is 4.79 Å². The van der Waals surface area contributed by atoms with Gasteiger partial charge in [0.15, 0.2) is 5.69 Å². The highest BCUT2D eigenvalue weighted by Crippen LogP contribution is 2.30. The van der Waals surface area contributed by atoms with E-state index in [1.54, 1.807) is 24.1 Å². The number of hydrogen-bond donors (Lipinski definition) is 0. The lowest BCUT2D eigenvalue weighted by Gasteiger charge is -2.42. The first kappa shape index (κ1) is 13.9. The van der Waals surface area contributed by atoms with Crippen molar-refractivity contribution in [2.75, 3.05) is 13.2 Å². The van der Waals surface area contributed by atoms with Crippen LogP contribution in [0.3, 0.4) is 0 Å². The van der Waals surface area contributed by atoms with Crippen molar-refractivity contribution in [2.24, 2.45) is 0 Å². The number of esters is 1. The van der Waals surface area contributed by atoms with E-state index >= 15 is 0 Å². The molecule has 19 heavy (non-hydrogen) atoms. The molecule has 1 aromatic heterocycles. The number of ether oxygens (including phenoxy) is 1. The lowest BCUT2D eigenvalue weighted by Crippen LogP contribution is -2.58. The van der Waals surface area contributed by atoms with Crippen LogP contribution in [0.25, 0.3) is 0 Å². The molecule has 1 aromatic rings. The molecule has 2 rings (SSSR count). The van der Waals surface area contributed by atoms with E-state index < -0.39 is 5.54 Å². The van der Waals surface area contributed by atoms with Crippen LogP contribution < -0.4 is 0 Å². The van der Waals surface area contributed by atoms with Crippen LogP contribution in [-0.4, -0.2) is 45.1 Å². The van der Waals surface area contributed by atoms with Crippen molar-refractivity contribution in [3.05, 3.63) is 11.1 Å². The van der Waals surface area contributed by atoms with Gasteiger partial charge in [-0.25, -0.2) is 4.79 Å². The number of hydrogen-bond acceptors (Lipinski definition) is 6. The van der Waals surface area contributed by atoms with Crippen molar-refractivity contribution in [3.63, 3.8) is 0 Å². The predicted octanol–water partition coefficient (Wildman–Crippen LogP) is 1.49.